The van der Waals surface area contributed by atoms with Crippen molar-refractivity contribution in [2.45, 2.75) is 19.4 Å². The molecule has 0 aliphatic carbocycles. The second-order valence-electron chi connectivity index (χ2n) is 5.98. The highest BCUT2D eigenvalue weighted by Gasteiger charge is 2.12. The van der Waals surface area contributed by atoms with Gasteiger partial charge in [0.15, 0.2) is 0 Å². The van der Waals surface area contributed by atoms with E-state index in [4.69, 9.17) is 4.74 Å². The molecule has 0 atom stereocenters. The number of rotatable bonds is 10. The molecule has 0 saturated carbocycles. The van der Waals surface area contributed by atoms with Crippen molar-refractivity contribution in [3.63, 3.8) is 0 Å². The third-order valence-electron chi connectivity index (χ3n) is 3.87. The van der Waals surface area contributed by atoms with Crippen LogP contribution < -0.4 is 10.1 Å². The number of hydrogen-bond donors (Lipinski definition) is 1. The van der Waals surface area contributed by atoms with E-state index in [2.05, 4.69) is 11.9 Å². The highest BCUT2D eigenvalue weighted by atomic mass is 19.3. The molecule has 0 aliphatic heterocycles. The number of urea groups is 1. The van der Waals surface area contributed by atoms with Gasteiger partial charge in [-0.2, -0.15) is 0 Å². The van der Waals surface area contributed by atoms with E-state index >= 15 is 0 Å². The van der Waals surface area contributed by atoms with Crippen molar-refractivity contribution in [3.05, 3.63) is 78.4 Å². The molecule has 0 saturated heterocycles. The summed E-state index contributed by atoms with van der Waals surface area (Å²) in [5, 5.41) is 2.85. The van der Waals surface area contributed by atoms with E-state index in [1.165, 1.54) is 0 Å². The average molecular weight is 374 g/mol. The lowest BCUT2D eigenvalue weighted by molar-refractivity contribution is 0.0818. The molecule has 1 N–H and O–H groups in total. The SMILES string of the molecule is C=CCN(CCc1ccccc1)C(=O)NCc1cccc(OCC(F)F)c1. The zero-order chi connectivity index (χ0) is 19.5. The van der Waals surface area contributed by atoms with E-state index in [1.54, 1.807) is 35.2 Å². The first kappa shape index (κ1) is 20.4. The van der Waals surface area contributed by atoms with Crippen molar-refractivity contribution in [1.82, 2.24) is 10.2 Å². The molecule has 0 fully saturated rings. The predicted molar refractivity (Wildman–Crippen MR) is 102 cm³/mol. The first-order valence-electron chi connectivity index (χ1n) is 8.76. The van der Waals surface area contributed by atoms with Gasteiger partial charge in [0.1, 0.15) is 12.4 Å². The third kappa shape index (κ3) is 7.48. The Morgan fingerprint density at radius 3 is 2.59 bits per heavy atom. The Morgan fingerprint density at radius 1 is 1.15 bits per heavy atom. The van der Waals surface area contributed by atoms with Gasteiger partial charge >= 0.3 is 6.03 Å². The Morgan fingerprint density at radius 2 is 1.89 bits per heavy atom. The molecule has 6 heteroatoms. The Bertz CT molecular complexity index is 723. The topological polar surface area (TPSA) is 41.6 Å². The van der Waals surface area contributed by atoms with E-state index in [0.29, 0.717) is 18.8 Å². The Balaban J connectivity index is 1.87. The highest BCUT2D eigenvalue weighted by Crippen LogP contribution is 2.14. The molecule has 4 nitrogen and oxygen atoms in total. The van der Waals surface area contributed by atoms with Crippen LogP contribution >= 0.6 is 0 Å². The minimum absolute atomic E-state index is 0.204. The summed E-state index contributed by atoms with van der Waals surface area (Å²) >= 11 is 0. The van der Waals surface area contributed by atoms with Gasteiger partial charge in [0.05, 0.1) is 0 Å². The van der Waals surface area contributed by atoms with Gasteiger partial charge < -0.3 is 15.0 Å². The first-order chi connectivity index (χ1) is 13.1. The molecule has 0 radical (unpaired) electrons. The lowest BCUT2D eigenvalue weighted by Crippen LogP contribution is -2.40. The molecule has 0 spiro atoms. The fourth-order valence-electron chi connectivity index (χ4n) is 2.53. The van der Waals surface area contributed by atoms with Crippen LogP contribution in [-0.4, -0.2) is 37.1 Å². The second kappa shape index (κ2) is 11.0. The van der Waals surface area contributed by atoms with Gasteiger partial charge in [-0.1, -0.05) is 48.5 Å². The Labute approximate surface area is 158 Å². The fourth-order valence-corrected chi connectivity index (χ4v) is 2.53. The van der Waals surface area contributed by atoms with Gasteiger partial charge in [-0.05, 0) is 29.7 Å². The highest BCUT2D eigenvalue weighted by molar-refractivity contribution is 5.74. The monoisotopic (exact) mass is 374 g/mol. The van der Waals surface area contributed by atoms with Gasteiger partial charge in [-0.25, -0.2) is 13.6 Å². The van der Waals surface area contributed by atoms with E-state index < -0.39 is 13.0 Å². The number of carbonyl (C=O) groups excluding carboxylic acids is 1. The van der Waals surface area contributed by atoms with Crippen LogP contribution in [0, 0.1) is 0 Å². The van der Waals surface area contributed by atoms with Crippen molar-refractivity contribution >= 4 is 6.03 Å². The van der Waals surface area contributed by atoms with E-state index in [1.807, 2.05) is 30.3 Å². The van der Waals surface area contributed by atoms with E-state index in [-0.39, 0.29) is 12.6 Å². The zero-order valence-corrected chi connectivity index (χ0v) is 15.1. The lowest BCUT2D eigenvalue weighted by atomic mass is 10.1. The summed E-state index contributed by atoms with van der Waals surface area (Å²) in [5.41, 5.74) is 1.93. The van der Waals surface area contributed by atoms with E-state index in [0.717, 1.165) is 17.5 Å². The van der Waals surface area contributed by atoms with Crippen molar-refractivity contribution < 1.29 is 18.3 Å². The van der Waals surface area contributed by atoms with Gasteiger partial charge in [0.25, 0.3) is 6.43 Å². The van der Waals surface area contributed by atoms with Gasteiger partial charge in [-0.15, -0.1) is 6.58 Å². The second-order valence-corrected chi connectivity index (χ2v) is 5.98. The molecule has 0 aromatic heterocycles. The van der Waals surface area contributed by atoms with Crippen LogP contribution in [-0.2, 0) is 13.0 Å². The normalized spacial score (nSPS) is 10.5. The molecule has 0 heterocycles. The molecular formula is C21H24F2N2O2. The summed E-state index contributed by atoms with van der Waals surface area (Å²) in [6.45, 7) is 4.34. The summed E-state index contributed by atoms with van der Waals surface area (Å²) in [4.78, 5) is 14.1. The molecule has 0 bridgehead atoms. The number of nitrogens with one attached hydrogen (secondary N) is 1. The molecule has 2 aromatic carbocycles. The maximum atomic E-state index is 12.5. The Kier molecular flexibility index (Phi) is 8.29. The van der Waals surface area contributed by atoms with Crippen molar-refractivity contribution in [2.75, 3.05) is 19.7 Å². The fraction of sp³-hybridized carbons (Fsp3) is 0.286. The maximum Gasteiger partial charge on any atom is 0.317 e. The van der Waals surface area contributed by atoms with Crippen LogP contribution in [0.4, 0.5) is 13.6 Å². The van der Waals surface area contributed by atoms with Crippen molar-refractivity contribution in [1.29, 1.82) is 0 Å². The van der Waals surface area contributed by atoms with E-state index in [9.17, 15) is 13.6 Å². The van der Waals surface area contributed by atoms with Crippen LogP contribution in [0.1, 0.15) is 11.1 Å². The molecule has 27 heavy (non-hydrogen) atoms. The summed E-state index contributed by atoms with van der Waals surface area (Å²) in [6.07, 6.45) is -0.0898. The molecule has 0 unspecified atom stereocenters. The summed E-state index contributed by atoms with van der Waals surface area (Å²) in [6, 6.07) is 16.5. The number of amides is 2. The smallest absolute Gasteiger partial charge is 0.317 e. The summed E-state index contributed by atoms with van der Waals surface area (Å²) in [5.74, 6) is 0.356. The lowest BCUT2D eigenvalue weighted by Gasteiger charge is -2.22. The maximum absolute atomic E-state index is 12.5. The molecular weight excluding hydrogens is 350 g/mol. The van der Waals surface area contributed by atoms with Gasteiger partial charge in [0, 0.05) is 19.6 Å². The van der Waals surface area contributed by atoms with Crippen LogP contribution in [0.15, 0.2) is 67.3 Å². The number of nitrogens with zero attached hydrogens (tertiary/aromatic N) is 1. The van der Waals surface area contributed by atoms with Crippen molar-refractivity contribution in [3.8, 4) is 5.75 Å². The molecule has 0 aliphatic rings. The summed E-state index contributed by atoms with van der Waals surface area (Å²) < 4.78 is 29.5. The predicted octanol–water partition coefficient (Wildman–Crippen LogP) is 4.27. The zero-order valence-electron chi connectivity index (χ0n) is 15.1. The Hall–Kier alpha value is -2.89. The minimum atomic E-state index is -2.52. The minimum Gasteiger partial charge on any atom is -0.488 e. The standard InChI is InChI=1S/C21H24F2N2O2/c1-2-12-25(13-11-17-7-4-3-5-8-17)21(26)24-15-18-9-6-10-19(14-18)27-16-20(22)23/h2-10,14,20H,1,11-13,15-16H2,(H,24,26). The number of carbonyl (C=O) groups is 1. The number of ether oxygens (including phenoxy) is 1. The van der Waals surface area contributed by atoms with Gasteiger partial charge in [-0.3, -0.25) is 0 Å². The van der Waals surface area contributed by atoms with Crippen LogP contribution in [0.3, 0.4) is 0 Å². The third-order valence-corrected chi connectivity index (χ3v) is 3.87. The van der Waals surface area contributed by atoms with Crippen LogP contribution in [0.2, 0.25) is 0 Å². The molecule has 2 aromatic rings. The number of benzene rings is 2. The molecule has 144 valence electrons. The molecule has 2 amide bonds. The average Bonchev–Trinajstić information content (AvgIpc) is 2.69. The van der Waals surface area contributed by atoms with Crippen LogP contribution in [0.25, 0.3) is 0 Å². The van der Waals surface area contributed by atoms with Crippen molar-refractivity contribution in [2.24, 2.45) is 0 Å². The first-order valence-corrected chi connectivity index (χ1v) is 8.76. The number of hydrogen-bond acceptors (Lipinski definition) is 2. The number of alkyl halides is 2. The number of halogens is 2. The largest absolute Gasteiger partial charge is 0.488 e. The quantitative estimate of drug-likeness (QED) is 0.631. The molecule has 2 rings (SSSR count). The van der Waals surface area contributed by atoms with Crippen LogP contribution in [0.5, 0.6) is 5.75 Å². The van der Waals surface area contributed by atoms with Gasteiger partial charge in [0.2, 0.25) is 0 Å². The summed E-state index contributed by atoms with van der Waals surface area (Å²) in [7, 11) is 0.